The molecule has 2 amide bonds. The Morgan fingerprint density at radius 2 is 1.61 bits per heavy atom. The van der Waals surface area contributed by atoms with Crippen molar-refractivity contribution >= 4 is 40.1 Å². The van der Waals surface area contributed by atoms with Crippen LogP contribution in [-0.2, 0) is 4.74 Å². The lowest BCUT2D eigenvalue weighted by atomic mass is 10.0. The van der Waals surface area contributed by atoms with Crippen molar-refractivity contribution in [1.82, 2.24) is 24.3 Å². The number of nitrogens with zero attached hydrogens (tertiary/aromatic N) is 6. The summed E-state index contributed by atoms with van der Waals surface area (Å²) in [5.41, 5.74) is 4.26. The summed E-state index contributed by atoms with van der Waals surface area (Å²) in [5, 5.41) is 2.81. The van der Waals surface area contributed by atoms with E-state index in [1.165, 1.54) is 6.07 Å². The van der Waals surface area contributed by atoms with Gasteiger partial charge in [-0.1, -0.05) is 0 Å². The van der Waals surface area contributed by atoms with Crippen LogP contribution < -0.4 is 10.2 Å². The van der Waals surface area contributed by atoms with Crippen molar-refractivity contribution in [2.75, 3.05) is 23.3 Å². The van der Waals surface area contributed by atoms with Crippen molar-refractivity contribution in [2.24, 2.45) is 0 Å². The number of halogens is 1. The average Bonchev–Trinajstić information content (AvgIpc) is 3.23. The van der Waals surface area contributed by atoms with E-state index in [4.69, 9.17) is 14.7 Å². The first-order chi connectivity index (χ1) is 19.2. The highest BCUT2D eigenvalue weighted by molar-refractivity contribution is 6.13. The molecule has 0 aliphatic carbocycles. The molecular formula is C30H36FN7O3. The number of pyridine rings is 1. The Bertz CT molecular complexity index is 1660. The Hall–Kier alpha value is -4.28. The van der Waals surface area contributed by atoms with E-state index in [2.05, 4.69) is 15.2 Å². The van der Waals surface area contributed by atoms with Crippen LogP contribution in [-0.4, -0.2) is 67.0 Å². The van der Waals surface area contributed by atoms with Gasteiger partial charge in [0.1, 0.15) is 16.6 Å². The quantitative estimate of drug-likeness (QED) is 0.356. The molecule has 1 aliphatic heterocycles. The molecule has 10 nitrogen and oxygen atoms in total. The number of hydrogen-bond donors (Lipinski definition) is 1. The minimum atomic E-state index is -0.583. The van der Waals surface area contributed by atoms with Gasteiger partial charge in [-0.2, -0.15) is 0 Å². The summed E-state index contributed by atoms with van der Waals surface area (Å²) in [4.78, 5) is 44.2. The van der Waals surface area contributed by atoms with Crippen LogP contribution in [0.15, 0.2) is 30.6 Å². The van der Waals surface area contributed by atoms with Crippen LogP contribution in [0.25, 0.3) is 16.7 Å². The molecule has 1 unspecified atom stereocenters. The van der Waals surface area contributed by atoms with Crippen molar-refractivity contribution in [1.29, 1.82) is 0 Å². The van der Waals surface area contributed by atoms with E-state index < -0.39 is 17.3 Å². The van der Waals surface area contributed by atoms with Gasteiger partial charge in [-0.3, -0.25) is 9.69 Å². The maximum absolute atomic E-state index is 14.6. The summed E-state index contributed by atoms with van der Waals surface area (Å²) in [6, 6.07) is 4.60. The Kier molecular flexibility index (Phi) is 7.08. The second-order valence-corrected chi connectivity index (χ2v) is 11.9. The summed E-state index contributed by atoms with van der Waals surface area (Å²) in [6.07, 6.45) is 2.99. The normalized spacial score (nSPS) is 17.8. The summed E-state index contributed by atoms with van der Waals surface area (Å²) in [6.45, 7) is 16.2. The Morgan fingerprint density at radius 3 is 2.24 bits per heavy atom. The van der Waals surface area contributed by atoms with E-state index >= 15 is 0 Å². The van der Waals surface area contributed by atoms with Gasteiger partial charge in [-0.15, -0.1) is 0 Å². The highest BCUT2D eigenvalue weighted by atomic mass is 19.1. The predicted molar refractivity (Wildman–Crippen MR) is 156 cm³/mol. The van der Waals surface area contributed by atoms with Crippen LogP contribution in [0.5, 0.6) is 0 Å². The van der Waals surface area contributed by atoms with Gasteiger partial charge in [0.05, 0.1) is 46.1 Å². The number of nitrogens with one attached hydrogen (secondary N) is 1. The molecule has 41 heavy (non-hydrogen) atoms. The average molecular weight is 562 g/mol. The zero-order chi connectivity index (χ0) is 29.8. The largest absolute Gasteiger partial charge is 0.444 e. The highest BCUT2D eigenvalue weighted by Crippen LogP contribution is 2.32. The minimum Gasteiger partial charge on any atom is -0.444 e. The molecule has 1 fully saturated rings. The second-order valence-electron chi connectivity index (χ2n) is 11.9. The van der Waals surface area contributed by atoms with Gasteiger partial charge in [0, 0.05) is 31.5 Å². The first-order valence-corrected chi connectivity index (χ1v) is 13.7. The van der Waals surface area contributed by atoms with Gasteiger partial charge >= 0.3 is 6.09 Å². The monoisotopic (exact) mass is 561 g/mol. The van der Waals surface area contributed by atoms with E-state index in [-0.39, 0.29) is 23.8 Å². The number of aromatic nitrogens is 4. The number of amides is 2. The Balaban J connectivity index is 1.48. The fourth-order valence-corrected chi connectivity index (χ4v) is 5.37. The van der Waals surface area contributed by atoms with E-state index in [0.29, 0.717) is 46.8 Å². The fraction of sp³-hybridized carbons (Fsp3) is 0.433. The van der Waals surface area contributed by atoms with Crippen molar-refractivity contribution < 1.29 is 18.7 Å². The lowest BCUT2D eigenvalue weighted by Gasteiger charge is -2.45. The molecule has 3 aromatic heterocycles. The topological polar surface area (TPSA) is 105 Å². The van der Waals surface area contributed by atoms with Gasteiger partial charge < -0.3 is 19.4 Å². The molecule has 5 rings (SSSR count). The SMILES string of the molecule is Cc1cn2cc(NC(=O)c3ccc(N4CC(C)N(C(=O)OC(C)(C)C)[C@@H](C)C4)c4nc(C)c(C)nc34)cc(F)c2n1. The molecule has 0 saturated carbocycles. The van der Waals surface area contributed by atoms with Gasteiger partial charge in [-0.25, -0.2) is 24.1 Å². The maximum atomic E-state index is 14.6. The highest BCUT2D eigenvalue weighted by Gasteiger charge is 2.36. The molecule has 1 aliphatic rings. The molecule has 0 radical (unpaired) electrons. The standard InChI is InChI=1S/C30H36FN7O3/c1-16-12-37-15-21(11-23(31)27(37)32-16)35-28(39)22-9-10-24(26-25(22)33-19(4)20(5)34-26)36-13-17(2)38(18(3)14-36)29(40)41-30(6,7)8/h9-12,15,17-18H,13-14H2,1-8H3,(H,35,39)/t17-,18?/m0/s1. The van der Waals surface area contributed by atoms with Gasteiger partial charge in [0.15, 0.2) is 11.5 Å². The van der Waals surface area contributed by atoms with Crippen LogP contribution in [0.3, 0.4) is 0 Å². The Morgan fingerprint density at radius 1 is 0.976 bits per heavy atom. The van der Waals surface area contributed by atoms with Gasteiger partial charge in [-0.05, 0) is 67.5 Å². The number of anilines is 2. The van der Waals surface area contributed by atoms with Crippen molar-refractivity contribution in [3.8, 4) is 0 Å². The molecule has 11 heteroatoms. The molecule has 0 spiro atoms. The van der Waals surface area contributed by atoms with E-state index in [9.17, 15) is 14.0 Å². The van der Waals surface area contributed by atoms with Crippen LogP contribution >= 0.6 is 0 Å². The van der Waals surface area contributed by atoms with Crippen LogP contribution in [0.2, 0.25) is 0 Å². The molecule has 4 aromatic rings. The molecule has 1 aromatic carbocycles. The van der Waals surface area contributed by atoms with E-state index in [1.54, 1.807) is 34.7 Å². The summed E-state index contributed by atoms with van der Waals surface area (Å²) < 4.78 is 21.9. The predicted octanol–water partition coefficient (Wildman–Crippen LogP) is 5.43. The number of fused-ring (bicyclic) bond motifs is 2. The molecule has 0 bridgehead atoms. The smallest absolute Gasteiger partial charge is 0.410 e. The van der Waals surface area contributed by atoms with Gasteiger partial charge in [0.2, 0.25) is 0 Å². The molecule has 1 saturated heterocycles. The van der Waals surface area contributed by atoms with Crippen molar-refractivity contribution in [3.63, 3.8) is 0 Å². The Labute approximate surface area is 238 Å². The number of carbonyl (C=O) groups excluding carboxylic acids is 2. The summed E-state index contributed by atoms with van der Waals surface area (Å²) in [7, 11) is 0. The zero-order valence-electron chi connectivity index (χ0n) is 24.7. The zero-order valence-corrected chi connectivity index (χ0v) is 24.7. The third kappa shape index (κ3) is 5.53. The lowest BCUT2D eigenvalue weighted by molar-refractivity contribution is 0.00566. The maximum Gasteiger partial charge on any atom is 0.410 e. The number of ether oxygens (including phenoxy) is 1. The number of carbonyl (C=O) groups is 2. The number of piperazine rings is 1. The van der Waals surface area contributed by atoms with Crippen molar-refractivity contribution in [3.05, 3.63) is 59.1 Å². The number of hydrogen-bond acceptors (Lipinski definition) is 7. The first-order valence-electron chi connectivity index (χ1n) is 13.7. The van der Waals surface area contributed by atoms with E-state index in [0.717, 1.165) is 11.4 Å². The van der Waals surface area contributed by atoms with E-state index in [1.807, 2.05) is 54.5 Å². The number of imidazole rings is 1. The van der Waals surface area contributed by atoms with Crippen LogP contribution in [0.4, 0.5) is 20.6 Å². The first kappa shape index (κ1) is 28.3. The lowest BCUT2D eigenvalue weighted by Crippen LogP contribution is -2.59. The third-order valence-corrected chi connectivity index (χ3v) is 7.21. The van der Waals surface area contributed by atoms with Crippen LogP contribution in [0.1, 0.15) is 62.1 Å². The molecular weight excluding hydrogens is 525 g/mol. The molecule has 216 valence electrons. The summed E-state index contributed by atoms with van der Waals surface area (Å²) in [5.74, 6) is -0.956. The number of aryl methyl sites for hydroxylation is 3. The summed E-state index contributed by atoms with van der Waals surface area (Å²) >= 11 is 0. The number of benzene rings is 1. The minimum absolute atomic E-state index is 0.122. The molecule has 2 atom stereocenters. The third-order valence-electron chi connectivity index (χ3n) is 7.21. The van der Waals surface area contributed by atoms with Gasteiger partial charge in [0.25, 0.3) is 5.91 Å². The fourth-order valence-electron chi connectivity index (χ4n) is 5.37. The molecule has 1 N–H and O–H groups in total. The molecule has 4 heterocycles. The number of rotatable bonds is 3. The second kappa shape index (κ2) is 10.3. The van der Waals surface area contributed by atoms with Crippen LogP contribution in [0, 0.1) is 26.6 Å². The van der Waals surface area contributed by atoms with Crippen molar-refractivity contribution in [2.45, 2.75) is 73.1 Å².